The number of hydrogen-bond acceptors (Lipinski definition) is 6. The van der Waals surface area contributed by atoms with E-state index in [4.69, 9.17) is 10.5 Å². The van der Waals surface area contributed by atoms with Crippen molar-refractivity contribution in [2.24, 2.45) is 0 Å². The van der Waals surface area contributed by atoms with Crippen LogP contribution in [0.5, 0.6) is 5.88 Å². The predicted molar refractivity (Wildman–Crippen MR) is 80.8 cm³/mol. The molecule has 2 aromatic heterocycles. The van der Waals surface area contributed by atoms with Gasteiger partial charge in [0.15, 0.2) is 11.2 Å². The second-order valence-electron chi connectivity index (χ2n) is 4.71. The molecule has 6 nitrogen and oxygen atoms in total. The first kappa shape index (κ1) is 14.1. The molecule has 22 heavy (non-hydrogen) atoms. The molecule has 0 bridgehead atoms. The summed E-state index contributed by atoms with van der Waals surface area (Å²) in [5.41, 5.74) is 8.57. The number of nitrogens with zero attached hydrogens (tertiary/aromatic N) is 4. The maximum atomic E-state index is 13.2. The minimum Gasteiger partial charge on any atom is -0.476 e. The second kappa shape index (κ2) is 5.51. The highest BCUT2D eigenvalue weighted by Gasteiger charge is 2.13. The number of aromatic nitrogens is 4. The van der Waals surface area contributed by atoms with E-state index in [0.29, 0.717) is 29.3 Å². The zero-order valence-electron chi connectivity index (χ0n) is 12.2. The van der Waals surface area contributed by atoms with E-state index >= 15 is 0 Å². The fourth-order valence-corrected chi connectivity index (χ4v) is 2.18. The van der Waals surface area contributed by atoms with Crippen LogP contribution >= 0.6 is 0 Å². The number of nitrogens with two attached hydrogens (primary N) is 1. The Morgan fingerprint density at radius 3 is 2.77 bits per heavy atom. The molecule has 112 valence electrons. The SMILES string of the molecule is CCOc1nc(N)nc2ncc(-c3ccc(F)cc3C)nc12. The molecule has 3 rings (SSSR count). The van der Waals surface area contributed by atoms with Crippen LogP contribution in [-0.2, 0) is 0 Å². The van der Waals surface area contributed by atoms with E-state index in [1.165, 1.54) is 12.1 Å². The lowest BCUT2D eigenvalue weighted by molar-refractivity contribution is 0.330. The van der Waals surface area contributed by atoms with Crippen LogP contribution in [0.3, 0.4) is 0 Å². The van der Waals surface area contributed by atoms with Gasteiger partial charge in [0, 0.05) is 5.56 Å². The molecule has 2 N–H and O–H groups in total. The molecule has 0 aliphatic carbocycles. The van der Waals surface area contributed by atoms with Gasteiger partial charge in [-0.2, -0.15) is 9.97 Å². The largest absolute Gasteiger partial charge is 0.476 e. The van der Waals surface area contributed by atoms with Crippen molar-refractivity contribution in [3.05, 3.63) is 35.8 Å². The molecule has 0 atom stereocenters. The van der Waals surface area contributed by atoms with E-state index in [1.807, 2.05) is 13.8 Å². The van der Waals surface area contributed by atoms with Gasteiger partial charge in [-0.3, -0.25) is 0 Å². The monoisotopic (exact) mass is 299 g/mol. The molecule has 0 saturated heterocycles. The van der Waals surface area contributed by atoms with Gasteiger partial charge in [-0.05, 0) is 37.6 Å². The fourth-order valence-electron chi connectivity index (χ4n) is 2.18. The van der Waals surface area contributed by atoms with Crippen molar-refractivity contribution >= 4 is 17.1 Å². The summed E-state index contributed by atoms with van der Waals surface area (Å²) in [6, 6.07) is 4.50. The van der Waals surface area contributed by atoms with Crippen molar-refractivity contribution in [1.29, 1.82) is 0 Å². The molecule has 0 aliphatic rings. The van der Waals surface area contributed by atoms with Gasteiger partial charge in [-0.1, -0.05) is 0 Å². The van der Waals surface area contributed by atoms with Crippen LogP contribution in [0, 0.1) is 12.7 Å². The highest BCUT2D eigenvalue weighted by molar-refractivity contribution is 5.79. The van der Waals surface area contributed by atoms with Gasteiger partial charge in [-0.15, -0.1) is 0 Å². The van der Waals surface area contributed by atoms with Crippen molar-refractivity contribution in [3.8, 4) is 17.1 Å². The van der Waals surface area contributed by atoms with Crippen LogP contribution in [0.15, 0.2) is 24.4 Å². The molecule has 3 aromatic rings. The standard InChI is InChI=1S/C15H14FN5O/c1-3-22-14-12-13(20-15(17)21-14)18-7-11(19-12)10-5-4-9(16)6-8(10)2/h4-7H,3H2,1-2H3,(H2,17,18,20,21). The van der Waals surface area contributed by atoms with Gasteiger partial charge in [0.2, 0.25) is 11.8 Å². The Bertz CT molecular complexity index is 853. The number of anilines is 1. The lowest BCUT2D eigenvalue weighted by Crippen LogP contribution is -2.04. The third-order valence-electron chi connectivity index (χ3n) is 3.14. The van der Waals surface area contributed by atoms with E-state index in [-0.39, 0.29) is 11.8 Å². The first-order chi connectivity index (χ1) is 10.6. The molecule has 0 saturated carbocycles. The number of halogens is 1. The summed E-state index contributed by atoms with van der Waals surface area (Å²) in [5.74, 6) is 0.0798. The number of rotatable bonds is 3. The zero-order valence-corrected chi connectivity index (χ0v) is 12.2. The summed E-state index contributed by atoms with van der Waals surface area (Å²) in [6.07, 6.45) is 1.57. The summed E-state index contributed by atoms with van der Waals surface area (Å²) in [6.45, 7) is 4.08. The Kier molecular flexibility index (Phi) is 3.54. The van der Waals surface area contributed by atoms with Gasteiger partial charge >= 0.3 is 0 Å². The summed E-state index contributed by atoms with van der Waals surface area (Å²) in [4.78, 5) is 16.8. The third kappa shape index (κ3) is 2.52. The Hall–Kier alpha value is -2.83. The number of fused-ring (bicyclic) bond motifs is 1. The minimum atomic E-state index is -0.291. The number of nitrogen functional groups attached to an aromatic ring is 1. The van der Waals surface area contributed by atoms with Gasteiger partial charge in [0.1, 0.15) is 5.82 Å². The fraction of sp³-hybridized carbons (Fsp3) is 0.200. The average molecular weight is 299 g/mol. The molecule has 0 radical (unpaired) electrons. The van der Waals surface area contributed by atoms with Crippen molar-refractivity contribution in [2.45, 2.75) is 13.8 Å². The van der Waals surface area contributed by atoms with E-state index in [2.05, 4.69) is 19.9 Å². The molecule has 2 heterocycles. The van der Waals surface area contributed by atoms with Crippen LogP contribution in [-0.4, -0.2) is 26.5 Å². The molecule has 1 aromatic carbocycles. The van der Waals surface area contributed by atoms with Crippen molar-refractivity contribution in [2.75, 3.05) is 12.3 Å². The number of aryl methyl sites for hydroxylation is 1. The number of benzene rings is 1. The lowest BCUT2D eigenvalue weighted by atomic mass is 10.1. The van der Waals surface area contributed by atoms with Crippen LogP contribution in [0.4, 0.5) is 10.3 Å². The van der Waals surface area contributed by atoms with Crippen molar-refractivity contribution in [3.63, 3.8) is 0 Å². The minimum absolute atomic E-state index is 0.0796. The van der Waals surface area contributed by atoms with Gasteiger partial charge in [0.25, 0.3) is 0 Å². The highest BCUT2D eigenvalue weighted by atomic mass is 19.1. The molecule has 0 unspecified atom stereocenters. The van der Waals surface area contributed by atoms with E-state index in [9.17, 15) is 4.39 Å². The van der Waals surface area contributed by atoms with Crippen LogP contribution in [0.25, 0.3) is 22.4 Å². The second-order valence-corrected chi connectivity index (χ2v) is 4.71. The van der Waals surface area contributed by atoms with E-state index in [0.717, 1.165) is 11.1 Å². The maximum Gasteiger partial charge on any atom is 0.247 e. The smallest absolute Gasteiger partial charge is 0.247 e. The number of hydrogen-bond donors (Lipinski definition) is 1. The van der Waals surface area contributed by atoms with Crippen LogP contribution < -0.4 is 10.5 Å². The Morgan fingerprint density at radius 2 is 2.05 bits per heavy atom. The maximum absolute atomic E-state index is 13.2. The van der Waals surface area contributed by atoms with Crippen LogP contribution in [0.1, 0.15) is 12.5 Å². The van der Waals surface area contributed by atoms with Gasteiger partial charge < -0.3 is 10.5 Å². The Morgan fingerprint density at radius 1 is 1.23 bits per heavy atom. The first-order valence-corrected chi connectivity index (χ1v) is 6.78. The first-order valence-electron chi connectivity index (χ1n) is 6.78. The van der Waals surface area contributed by atoms with Crippen molar-refractivity contribution in [1.82, 2.24) is 19.9 Å². The summed E-state index contributed by atoms with van der Waals surface area (Å²) in [5, 5.41) is 0. The number of ether oxygens (including phenoxy) is 1. The third-order valence-corrected chi connectivity index (χ3v) is 3.14. The Balaban J connectivity index is 2.20. The van der Waals surface area contributed by atoms with Crippen molar-refractivity contribution < 1.29 is 9.13 Å². The molecule has 7 heteroatoms. The zero-order chi connectivity index (χ0) is 15.7. The predicted octanol–water partition coefficient (Wildman–Crippen LogP) is 2.52. The summed E-state index contributed by atoms with van der Waals surface area (Å²) < 4.78 is 18.7. The molecular weight excluding hydrogens is 285 g/mol. The molecule has 0 aliphatic heterocycles. The Labute approximate surface area is 126 Å². The van der Waals surface area contributed by atoms with Gasteiger partial charge in [-0.25, -0.2) is 14.4 Å². The molecule has 0 amide bonds. The summed E-state index contributed by atoms with van der Waals surface area (Å²) >= 11 is 0. The summed E-state index contributed by atoms with van der Waals surface area (Å²) in [7, 11) is 0. The molecule has 0 spiro atoms. The van der Waals surface area contributed by atoms with Gasteiger partial charge in [0.05, 0.1) is 18.5 Å². The molecule has 0 fully saturated rings. The highest BCUT2D eigenvalue weighted by Crippen LogP contribution is 2.26. The normalized spacial score (nSPS) is 10.9. The lowest BCUT2D eigenvalue weighted by Gasteiger charge is -2.09. The van der Waals surface area contributed by atoms with Crippen LogP contribution in [0.2, 0.25) is 0 Å². The topological polar surface area (TPSA) is 86.8 Å². The quantitative estimate of drug-likeness (QED) is 0.799. The molecular formula is C15H14FN5O. The van der Waals surface area contributed by atoms with E-state index < -0.39 is 0 Å². The van der Waals surface area contributed by atoms with E-state index in [1.54, 1.807) is 12.3 Å². The average Bonchev–Trinajstić information content (AvgIpc) is 2.47.